The number of allylic oxidation sites excluding steroid dienone is 2. The monoisotopic (exact) mass is 251 g/mol. The van der Waals surface area contributed by atoms with Crippen molar-refractivity contribution < 1.29 is 9.18 Å². The molecule has 2 nitrogen and oxygen atoms in total. The van der Waals surface area contributed by atoms with Gasteiger partial charge < -0.3 is 0 Å². The van der Waals surface area contributed by atoms with Crippen LogP contribution < -0.4 is 0 Å². The Bertz CT molecular complexity index is 699. The highest BCUT2D eigenvalue weighted by molar-refractivity contribution is 6.24. The van der Waals surface area contributed by atoms with E-state index in [-0.39, 0.29) is 11.6 Å². The van der Waals surface area contributed by atoms with Crippen LogP contribution in [0.2, 0.25) is 0 Å². The van der Waals surface area contributed by atoms with E-state index >= 15 is 0 Å². The van der Waals surface area contributed by atoms with Crippen LogP contribution in [-0.2, 0) is 0 Å². The summed E-state index contributed by atoms with van der Waals surface area (Å²) in [7, 11) is 0. The van der Waals surface area contributed by atoms with Gasteiger partial charge in [-0.05, 0) is 36.4 Å². The molecule has 0 unspecified atom stereocenters. The van der Waals surface area contributed by atoms with E-state index in [2.05, 4.69) is 4.99 Å². The summed E-state index contributed by atoms with van der Waals surface area (Å²) in [4.78, 5) is 16.2. The highest BCUT2D eigenvalue weighted by atomic mass is 19.1. The normalized spacial score (nSPS) is 15.6. The van der Waals surface area contributed by atoms with Gasteiger partial charge in [0.15, 0.2) is 5.78 Å². The minimum atomic E-state index is -0.293. The molecule has 0 atom stereocenters. The van der Waals surface area contributed by atoms with E-state index in [1.54, 1.807) is 24.3 Å². The Kier molecular flexibility index (Phi) is 2.80. The quantitative estimate of drug-likeness (QED) is 0.759. The molecule has 3 rings (SSSR count). The summed E-state index contributed by atoms with van der Waals surface area (Å²) in [5.74, 6) is -0.313. The number of hydrogen-bond donors (Lipinski definition) is 0. The summed E-state index contributed by atoms with van der Waals surface area (Å²) in [6.45, 7) is 0. The average Bonchev–Trinajstić information content (AvgIpc) is 2.45. The lowest BCUT2D eigenvalue weighted by Crippen LogP contribution is -2.11. The summed E-state index contributed by atoms with van der Waals surface area (Å²) in [5.41, 5.74) is 2.82. The summed E-state index contributed by atoms with van der Waals surface area (Å²) < 4.78 is 12.8. The van der Waals surface area contributed by atoms with Crippen LogP contribution in [0.25, 0.3) is 0 Å². The third-order valence-electron chi connectivity index (χ3n) is 2.94. The summed E-state index contributed by atoms with van der Waals surface area (Å²) in [6, 6.07) is 13.3. The van der Waals surface area contributed by atoms with Crippen LogP contribution in [0.3, 0.4) is 0 Å². The Balaban J connectivity index is 2.08. The van der Waals surface area contributed by atoms with Crippen molar-refractivity contribution in [1.82, 2.24) is 0 Å². The van der Waals surface area contributed by atoms with Gasteiger partial charge in [0.2, 0.25) is 0 Å². The molecule has 0 N–H and O–H groups in total. The molecule has 0 fully saturated rings. The first kappa shape index (κ1) is 11.5. The van der Waals surface area contributed by atoms with Gasteiger partial charge in [-0.25, -0.2) is 9.38 Å². The molecule has 0 radical (unpaired) electrons. The Morgan fingerprint density at radius 1 is 0.842 bits per heavy atom. The third kappa shape index (κ3) is 2.22. The fourth-order valence-corrected chi connectivity index (χ4v) is 2.01. The maximum atomic E-state index is 12.8. The maximum Gasteiger partial charge on any atom is 0.186 e. The summed E-state index contributed by atoms with van der Waals surface area (Å²) in [5, 5.41) is 0. The second kappa shape index (κ2) is 4.61. The highest BCUT2D eigenvalue weighted by Crippen LogP contribution is 2.21. The predicted octanol–water partition coefficient (Wildman–Crippen LogP) is 3.70. The molecule has 0 spiro atoms. The van der Waals surface area contributed by atoms with Crippen molar-refractivity contribution in [1.29, 1.82) is 0 Å². The van der Waals surface area contributed by atoms with Crippen LogP contribution in [0.15, 0.2) is 65.7 Å². The largest absolute Gasteiger partial charge is 0.289 e. The lowest BCUT2D eigenvalue weighted by Gasteiger charge is -2.11. The van der Waals surface area contributed by atoms with E-state index in [1.807, 2.05) is 18.2 Å². The van der Waals surface area contributed by atoms with Gasteiger partial charge in [0.25, 0.3) is 0 Å². The van der Waals surface area contributed by atoms with Gasteiger partial charge in [0, 0.05) is 11.1 Å². The number of nitrogens with zero attached hydrogens (tertiary/aromatic N) is 1. The number of carbonyl (C=O) groups is 1. The van der Waals surface area contributed by atoms with Crippen LogP contribution in [-0.4, -0.2) is 11.5 Å². The molecule has 1 aliphatic carbocycles. The Morgan fingerprint density at radius 2 is 1.53 bits per heavy atom. The van der Waals surface area contributed by atoms with E-state index < -0.39 is 0 Å². The molecule has 0 amide bonds. The van der Waals surface area contributed by atoms with Crippen molar-refractivity contribution in [3.8, 4) is 0 Å². The van der Waals surface area contributed by atoms with E-state index in [0.717, 1.165) is 5.56 Å². The number of carbonyl (C=O) groups excluding carboxylic acids is 1. The van der Waals surface area contributed by atoms with E-state index in [1.165, 1.54) is 18.2 Å². The first-order valence-corrected chi connectivity index (χ1v) is 5.90. The average molecular weight is 251 g/mol. The number of ketones is 1. The van der Waals surface area contributed by atoms with Crippen molar-refractivity contribution in [3.63, 3.8) is 0 Å². The lowest BCUT2D eigenvalue weighted by molar-refractivity contribution is 0.104. The number of halogens is 1. The van der Waals surface area contributed by atoms with Gasteiger partial charge in [-0.1, -0.05) is 24.3 Å². The number of fused-ring (bicyclic) bond motifs is 1. The first-order chi connectivity index (χ1) is 9.24. The molecule has 2 aromatic rings. The molecule has 0 aliphatic heterocycles. The highest BCUT2D eigenvalue weighted by Gasteiger charge is 2.16. The molecule has 1 aliphatic rings. The standard InChI is InChI=1S/C16H10FNO/c17-11-5-7-12(8-6-11)18-15-9-10-16(19)14-4-2-1-3-13(14)15/h1-10H. The minimum Gasteiger partial charge on any atom is -0.289 e. The molecule has 2 aromatic carbocycles. The zero-order valence-corrected chi connectivity index (χ0v) is 10.0. The second-order valence-electron chi connectivity index (χ2n) is 4.22. The number of benzene rings is 2. The van der Waals surface area contributed by atoms with Crippen LogP contribution in [0.4, 0.5) is 10.1 Å². The second-order valence-corrected chi connectivity index (χ2v) is 4.22. The van der Waals surface area contributed by atoms with Crippen LogP contribution in [0, 0.1) is 5.82 Å². The van der Waals surface area contributed by atoms with Crippen LogP contribution in [0.1, 0.15) is 15.9 Å². The van der Waals surface area contributed by atoms with Gasteiger partial charge in [-0.2, -0.15) is 0 Å². The van der Waals surface area contributed by atoms with Crippen LogP contribution in [0.5, 0.6) is 0 Å². The summed E-state index contributed by atoms with van der Waals surface area (Å²) >= 11 is 0. The van der Waals surface area contributed by atoms with Gasteiger partial charge in [-0.3, -0.25) is 4.79 Å². The van der Waals surface area contributed by atoms with E-state index in [0.29, 0.717) is 17.0 Å². The minimum absolute atomic E-state index is 0.0198. The van der Waals surface area contributed by atoms with Crippen LogP contribution >= 0.6 is 0 Å². The Labute approximate surface area is 109 Å². The zero-order chi connectivity index (χ0) is 13.2. The first-order valence-electron chi connectivity index (χ1n) is 5.90. The summed E-state index contributed by atoms with van der Waals surface area (Å²) in [6.07, 6.45) is 3.19. The van der Waals surface area contributed by atoms with E-state index in [9.17, 15) is 9.18 Å². The third-order valence-corrected chi connectivity index (χ3v) is 2.94. The van der Waals surface area contributed by atoms with Gasteiger partial charge >= 0.3 is 0 Å². The SMILES string of the molecule is O=C1C=CC(=Nc2ccc(F)cc2)c2ccccc21. The fraction of sp³-hybridized carbons (Fsp3) is 0. The van der Waals surface area contributed by atoms with Crippen molar-refractivity contribution in [2.24, 2.45) is 4.99 Å². The van der Waals surface area contributed by atoms with Crippen molar-refractivity contribution >= 4 is 17.2 Å². The smallest absolute Gasteiger partial charge is 0.186 e. The zero-order valence-electron chi connectivity index (χ0n) is 10.0. The van der Waals surface area contributed by atoms with Gasteiger partial charge in [-0.15, -0.1) is 0 Å². The van der Waals surface area contributed by atoms with Gasteiger partial charge in [0.1, 0.15) is 5.82 Å². The topological polar surface area (TPSA) is 29.4 Å². The molecule has 0 heterocycles. The molecular formula is C16H10FNO. The number of aliphatic imine (C=N–C) groups is 1. The predicted molar refractivity (Wildman–Crippen MR) is 72.5 cm³/mol. The molecular weight excluding hydrogens is 241 g/mol. The molecule has 0 bridgehead atoms. The lowest BCUT2D eigenvalue weighted by atomic mass is 9.94. The number of hydrogen-bond acceptors (Lipinski definition) is 2. The molecule has 0 aromatic heterocycles. The van der Waals surface area contributed by atoms with Crippen molar-refractivity contribution in [2.75, 3.05) is 0 Å². The molecule has 19 heavy (non-hydrogen) atoms. The van der Waals surface area contributed by atoms with Crippen molar-refractivity contribution in [3.05, 3.63) is 77.6 Å². The van der Waals surface area contributed by atoms with Crippen molar-refractivity contribution in [2.45, 2.75) is 0 Å². The van der Waals surface area contributed by atoms with Gasteiger partial charge in [0.05, 0.1) is 11.4 Å². The molecule has 0 saturated carbocycles. The molecule has 3 heteroatoms. The fourth-order valence-electron chi connectivity index (χ4n) is 2.01. The van der Waals surface area contributed by atoms with E-state index in [4.69, 9.17) is 0 Å². The number of rotatable bonds is 1. The molecule has 92 valence electrons. The Hall–Kier alpha value is -2.55. The Morgan fingerprint density at radius 3 is 2.26 bits per heavy atom. The maximum absolute atomic E-state index is 12.8. The molecule has 0 saturated heterocycles.